The number of hydrogen-bond donors (Lipinski definition) is 4. The zero-order valence-corrected chi connectivity index (χ0v) is 15.2. The first-order valence-corrected chi connectivity index (χ1v) is 8.49. The number of benzene rings is 1. The van der Waals surface area contributed by atoms with Gasteiger partial charge >= 0.3 is 17.6 Å². The molecule has 2 rings (SSSR count). The summed E-state index contributed by atoms with van der Waals surface area (Å²) in [6, 6.07) is 4.36. The standard InChI is InChI=1S/C18H21N3O7/c1-10-7-16(23)28-14-8-11(4-5-12(10)14)27-9-15(22)21-13(17(24)25)3-2-6-20-18(19)26/h4-5,7-8,13H,2-3,6,9H2,1H3,(H,21,22)(H,24,25)(H3,19,20,26)/t13-/m1/s1. The van der Waals surface area contributed by atoms with Gasteiger partial charge in [-0.15, -0.1) is 0 Å². The van der Waals surface area contributed by atoms with E-state index in [0.29, 0.717) is 17.8 Å². The summed E-state index contributed by atoms with van der Waals surface area (Å²) in [6.45, 7) is 1.57. The molecule has 5 N–H and O–H groups in total. The summed E-state index contributed by atoms with van der Waals surface area (Å²) in [5.74, 6) is -1.52. The van der Waals surface area contributed by atoms with Crippen LogP contribution in [0.15, 0.2) is 33.5 Å². The van der Waals surface area contributed by atoms with Crippen LogP contribution >= 0.6 is 0 Å². The molecule has 0 radical (unpaired) electrons. The van der Waals surface area contributed by atoms with E-state index in [2.05, 4.69) is 10.6 Å². The Morgan fingerprint density at radius 3 is 2.71 bits per heavy atom. The van der Waals surface area contributed by atoms with Crippen LogP contribution in [0.3, 0.4) is 0 Å². The zero-order chi connectivity index (χ0) is 20.7. The Morgan fingerprint density at radius 2 is 2.04 bits per heavy atom. The second-order valence-electron chi connectivity index (χ2n) is 6.09. The number of carbonyl (C=O) groups is 3. The second-order valence-corrected chi connectivity index (χ2v) is 6.09. The smallest absolute Gasteiger partial charge is 0.336 e. The van der Waals surface area contributed by atoms with Gasteiger partial charge in [-0.05, 0) is 37.5 Å². The number of urea groups is 1. The predicted molar refractivity (Wildman–Crippen MR) is 99.1 cm³/mol. The molecule has 0 saturated heterocycles. The number of primary amides is 1. The van der Waals surface area contributed by atoms with Gasteiger partial charge in [-0.3, -0.25) is 4.79 Å². The van der Waals surface area contributed by atoms with E-state index < -0.39 is 36.2 Å². The fourth-order valence-corrected chi connectivity index (χ4v) is 2.56. The van der Waals surface area contributed by atoms with E-state index in [1.165, 1.54) is 12.1 Å². The molecule has 0 bridgehead atoms. The highest BCUT2D eigenvalue weighted by molar-refractivity contribution is 5.85. The first-order valence-electron chi connectivity index (χ1n) is 8.49. The van der Waals surface area contributed by atoms with Gasteiger partial charge in [-0.2, -0.15) is 0 Å². The molecular weight excluding hydrogens is 370 g/mol. The lowest BCUT2D eigenvalue weighted by Gasteiger charge is -2.15. The minimum atomic E-state index is -1.20. The van der Waals surface area contributed by atoms with Crippen molar-refractivity contribution in [1.29, 1.82) is 0 Å². The van der Waals surface area contributed by atoms with E-state index in [4.69, 9.17) is 14.9 Å². The number of ether oxygens (including phenoxy) is 1. The van der Waals surface area contributed by atoms with Crippen molar-refractivity contribution in [2.45, 2.75) is 25.8 Å². The molecular formula is C18H21N3O7. The van der Waals surface area contributed by atoms with Crippen LogP contribution in [0.5, 0.6) is 5.75 Å². The molecule has 10 heteroatoms. The number of rotatable bonds is 9. The van der Waals surface area contributed by atoms with Gasteiger partial charge in [0.05, 0.1) is 0 Å². The highest BCUT2D eigenvalue weighted by Crippen LogP contribution is 2.22. The molecule has 1 heterocycles. The molecule has 0 aliphatic carbocycles. The van der Waals surface area contributed by atoms with Crippen LogP contribution in [-0.4, -0.2) is 42.2 Å². The molecule has 150 valence electrons. The normalized spacial score (nSPS) is 11.6. The number of nitrogens with two attached hydrogens (primary N) is 1. The summed E-state index contributed by atoms with van der Waals surface area (Å²) in [4.78, 5) is 45.3. The van der Waals surface area contributed by atoms with Gasteiger partial charge in [0.1, 0.15) is 17.4 Å². The minimum Gasteiger partial charge on any atom is -0.484 e. The quantitative estimate of drug-likeness (QED) is 0.357. The van der Waals surface area contributed by atoms with Crippen molar-refractivity contribution >= 4 is 28.9 Å². The van der Waals surface area contributed by atoms with Gasteiger partial charge in [-0.1, -0.05) is 0 Å². The molecule has 1 atom stereocenters. The van der Waals surface area contributed by atoms with Crippen molar-refractivity contribution < 1.29 is 28.6 Å². The molecule has 1 aromatic carbocycles. The number of nitrogens with one attached hydrogen (secondary N) is 2. The van der Waals surface area contributed by atoms with Crippen molar-refractivity contribution in [3.05, 3.63) is 40.2 Å². The Morgan fingerprint density at radius 1 is 1.29 bits per heavy atom. The molecule has 0 aliphatic heterocycles. The third-order valence-corrected chi connectivity index (χ3v) is 3.89. The van der Waals surface area contributed by atoms with Crippen LogP contribution in [0.25, 0.3) is 11.0 Å². The first kappa shape index (κ1) is 20.7. The zero-order valence-electron chi connectivity index (χ0n) is 15.2. The summed E-state index contributed by atoms with van der Waals surface area (Å²) >= 11 is 0. The van der Waals surface area contributed by atoms with Crippen LogP contribution in [0, 0.1) is 6.92 Å². The molecule has 0 spiro atoms. The van der Waals surface area contributed by atoms with Crippen LogP contribution in [0.2, 0.25) is 0 Å². The Balaban J connectivity index is 1.91. The van der Waals surface area contributed by atoms with Gasteiger partial charge in [0, 0.05) is 24.1 Å². The van der Waals surface area contributed by atoms with E-state index in [1.54, 1.807) is 19.1 Å². The number of hydrogen-bond acceptors (Lipinski definition) is 6. The second kappa shape index (κ2) is 9.40. The number of carboxylic acids is 1. The third-order valence-electron chi connectivity index (χ3n) is 3.89. The van der Waals surface area contributed by atoms with E-state index in [9.17, 15) is 24.3 Å². The fourth-order valence-electron chi connectivity index (χ4n) is 2.56. The lowest BCUT2D eigenvalue weighted by Crippen LogP contribution is -2.43. The van der Waals surface area contributed by atoms with E-state index in [0.717, 1.165) is 10.9 Å². The maximum Gasteiger partial charge on any atom is 0.336 e. The summed E-state index contributed by atoms with van der Waals surface area (Å²) in [5, 5.41) is 14.6. The maximum absolute atomic E-state index is 12.0. The first-order chi connectivity index (χ1) is 13.3. The molecule has 1 aromatic heterocycles. The summed E-state index contributed by atoms with van der Waals surface area (Å²) in [7, 11) is 0. The van der Waals surface area contributed by atoms with Crippen molar-refractivity contribution in [1.82, 2.24) is 10.6 Å². The van der Waals surface area contributed by atoms with Crippen molar-refractivity contribution in [2.75, 3.05) is 13.2 Å². The monoisotopic (exact) mass is 391 g/mol. The molecule has 0 fully saturated rings. The van der Waals surface area contributed by atoms with Crippen molar-refractivity contribution in [3.8, 4) is 5.75 Å². The van der Waals surface area contributed by atoms with Gasteiger partial charge in [0.2, 0.25) is 0 Å². The SMILES string of the molecule is Cc1cc(=O)oc2cc(OCC(=O)N[C@H](CCCNC(N)=O)C(=O)O)ccc12. The van der Waals surface area contributed by atoms with Gasteiger partial charge < -0.3 is 30.6 Å². The average molecular weight is 391 g/mol. The molecule has 2 aromatic rings. The van der Waals surface area contributed by atoms with Crippen LogP contribution < -0.4 is 26.7 Å². The molecule has 0 saturated carbocycles. The third kappa shape index (κ3) is 6.01. The maximum atomic E-state index is 12.0. The van der Waals surface area contributed by atoms with Gasteiger partial charge in [0.15, 0.2) is 6.61 Å². The number of aliphatic carboxylic acids is 1. The topological polar surface area (TPSA) is 161 Å². The number of amides is 3. The summed E-state index contributed by atoms with van der Waals surface area (Å²) in [6.07, 6.45) is 0.436. The molecule has 0 unspecified atom stereocenters. The van der Waals surface area contributed by atoms with Crippen molar-refractivity contribution in [3.63, 3.8) is 0 Å². The Labute approximate surface area is 159 Å². The predicted octanol–water partition coefficient (Wildman–Crippen LogP) is 0.498. The minimum absolute atomic E-state index is 0.113. The Bertz CT molecular complexity index is 938. The van der Waals surface area contributed by atoms with Crippen molar-refractivity contribution in [2.24, 2.45) is 5.73 Å². The number of fused-ring (bicyclic) bond motifs is 1. The lowest BCUT2D eigenvalue weighted by molar-refractivity contribution is -0.142. The lowest BCUT2D eigenvalue weighted by atomic mass is 10.1. The number of aryl methyl sites for hydroxylation is 1. The average Bonchev–Trinajstić information content (AvgIpc) is 2.61. The highest BCUT2D eigenvalue weighted by Gasteiger charge is 2.19. The largest absolute Gasteiger partial charge is 0.484 e. The summed E-state index contributed by atoms with van der Waals surface area (Å²) in [5.41, 5.74) is 5.51. The van der Waals surface area contributed by atoms with Gasteiger partial charge in [-0.25, -0.2) is 14.4 Å². The van der Waals surface area contributed by atoms with Crippen LogP contribution in [0.4, 0.5) is 4.79 Å². The number of carbonyl (C=O) groups excluding carboxylic acids is 2. The van der Waals surface area contributed by atoms with E-state index in [1.807, 2.05) is 0 Å². The molecule has 28 heavy (non-hydrogen) atoms. The number of carboxylic acid groups (broad SMARTS) is 1. The van der Waals surface area contributed by atoms with Gasteiger partial charge in [0.25, 0.3) is 5.91 Å². The molecule has 0 aliphatic rings. The Hall–Kier alpha value is -3.56. The molecule has 3 amide bonds. The van der Waals surface area contributed by atoms with E-state index in [-0.39, 0.29) is 13.0 Å². The van der Waals surface area contributed by atoms with Crippen LogP contribution in [-0.2, 0) is 9.59 Å². The molecule has 10 nitrogen and oxygen atoms in total. The Kier molecular flexibility index (Phi) is 6.96. The fraction of sp³-hybridized carbons (Fsp3) is 0.333. The van der Waals surface area contributed by atoms with E-state index >= 15 is 0 Å². The summed E-state index contributed by atoms with van der Waals surface area (Å²) < 4.78 is 10.5. The highest BCUT2D eigenvalue weighted by atomic mass is 16.5. The van der Waals surface area contributed by atoms with Crippen LogP contribution in [0.1, 0.15) is 18.4 Å².